The predicted octanol–water partition coefficient (Wildman–Crippen LogP) is 3.95. The number of halogens is 1. The summed E-state index contributed by atoms with van der Waals surface area (Å²) >= 11 is 6.04. The summed E-state index contributed by atoms with van der Waals surface area (Å²) in [4.78, 5) is 14.9. The molecule has 0 spiro atoms. The van der Waals surface area contributed by atoms with Crippen molar-refractivity contribution in [2.75, 3.05) is 33.4 Å². The van der Waals surface area contributed by atoms with Gasteiger partial charge in [0.2, 0.25) is 0 Å². The first-order valence-electron chi connectivity index (χ1n) is 11.2. The Morgan fingerprint density at radius 2 is 2.06 bits per heavy atom. The molecule has 0 unspecified atom stereocenters. The van der Waals surface area contributed by atoms with E-state index in [0.717, 1.165) is 49.6 Å². The van der Waals surface area contributed by atoms with Crippen molar-refractivity contribution in [3.05, 3.63) is 77.1 Å². The molecule has 1 aromatic heterocycles. The second-order valence-electron chi connectivity index (χ2n) is 8.16. The fraction of sp³-hybridized carbons (Fsp3) is 0.360. The van der Waals surface area contributed by atoms with Crippen LogP contribution in [0.4, 0.5) is 0 Å². The Morgan fingerprint density at radius 3 is 2.88 bits per heavy atom. The van der Waals surface area contributed by atoms with E-state index in [-0.39, 0.29) is 5.91 Å². The molecule has 7 nitrogen and oxygen atoms in total. The van der Waals surface area contributed by atoms with Crippen LogP contribution in [0.1, 0.15) is 28.8 Å². The van der Waals surface area contributed by atoms with Crippen molar-refractivity contribution < 1.29 is 14.3 Å². The van der Waals surface area contributed by atoms with Crippen LogP contribution in [0.5, 0.6) is 5.75 Å². The molecule has 0 radical (unpaired) electrons. The van der Waals surface area contributed by atoms with Crippen LogP contribution in [0.25, 0.3) is 5.69 Å². The fourth-order valence-corrected chi connectivity index (χ4v) is 4.03. The summed E-state index contributed by atoms with van der Waals surface area (Å²) in [6, 6.07) is 15.7. The van der Waals surface area contributed by atoms with Crippen LogP contribution in [0, 0.1) is 0 Å². The Balaban J connectivity index is 1.26. The Morgan fingerprint density at radius 1 is 1.24 bits per heavy atom. The van der Waals surface area contributed by atoms with E-state index in [1.54, 1.807) is 29.2 Å². The smallest absolute Gasteiger partial charge is 0.254 e. The molecule has 0 aliphatic carbocycles. The largest absolute Gasteiger partial charge is 0.492 e. The molecule has 1 aliphatic heterocycles. The second kappa shape index (κ2) is 11.3. The zero-order chi connectivity index (χ0) is 23.0. The summed E-state index contributed by atoms with van der Waals surface area (Å²) in [5, 5.41) is 7.82. The van der Waals surface area contributed by atoms with Crippen LogP contribution in [0.15, 0.2) is 60.9 Å². The first-order chi connectivity index (χ1) is 16.1. The molecule has 174 valence electrons. The number of aromatic nitrogens is 2. The minimum atomic E-state index is -0.187. The molecule has 0 saturated carbocycles. The monoisotopic (exact) mass is 468 g/mol. The van der Waals surface area contributed by atoms with Crippen molar-refractivity contribution in [1.29, 1.82) is 0 Å². The van der Waals surface area contributed by atoms with Crippen molar-refractivity contribution in [3.8, 4) is 11.4 Å². The van der Waals surface area contributed by atoms with E-state index in [2.05, 4.69) is 22.4 Å². The van der Waals surface area contributed by atoms with Gasteiger partial charge in [-0.05, 0) is 55.8 Å². The van der Waals surface area contributed by atoms with Crippen LogP contribution in [0.2, 0.25) is 5.02 Å². The van der Waals surface area contributed by atoms with Gasteiger partial charge in [0.1, 0.15) is 12.4 Å². The highest BCUT2D eigenvalue weighted by Gasteiger charge is 2.18. The number of benzene rings is 2. The summed E-state index contributed by atoms with van der Waals surface area (Å²) in [5.41, 5.74) is 2.26. The summed E-state index contributed by atoms with van der Waals surface area (Å²) in [6.45, 7) is 3.56. The standard InChI is InChI=1S/C25H29ClN4O3/c1-29(22-8-11-32-12-9-22)10-13-33-24-7-2-4-19(14-24)16-27-25(31)20-17-28-30(18-20)23-6-3-5-21(26)15-23/h2-7,14-15,17-18,22H,8-13,16H2,1H3,(H,27,31). The highest BCUT2D eigenvalue weighted by atomic mass is 35.5. The van der Waals surface area contributed by atoms with Gasteiger partial charge in [-0.3, -0.25) is 9.69 Å². The van der Waals surface area contributed by atoms with Gasteiger partial charge in [0.25, 0.3) is 5.91 Å². The minimum Gasteiger partial charge on any atom is -0.492 e. The fourth-order valence-electron chi connectivity index (χ4n) is 3.85. The van der Waals surface area contributed by atoms with E-state index in [1.165, 1.54) is 0 Å². The number of hydrogen-bond donors (Lipinski definition) is 1. The molecular weight excluding hydrogens is 440 g/mol. The van der Waals surface area contributed by atoms with Crippen LogP contribution < -0.4 is 10.1 Å². The number of amides is 1. The molecule has 1 amide bonds. The predicted molar refractivity (Wildman–Crippen MR) is 128 cm³/mol. The Bertz CT molecular complexity index is 1070. The van der Waals surface area contributed by atoms with Crippen molar-refractivity contribution in [2.24, 2.45) is 0 Å². The average Bonchev–Trinajstić information content (AvgIpc) is 3.34. The van der Waals surface area contributed by atoms with Gasteiger partial charge in [-0.2, -0.15) is 5.10 Å². The molecule has 33 heavy (non-hydrogen) atoms. The Labute approximate surface area is 199 Å². The third kappa shape index (κ3) is 6.57. The maximum absolute atomic E-state index is 12.6. The average molecular weight is 469 g/mol. The normalized spacial score (nSPS) is 14.4. The minimum absolute atomic E-state index is 0.187. The summed E-state index contributed by atoms with van der Waals surface area (Å²) in [5.74, 6) is 0.614. The first-order valence-corrected chi connectivity index (χ1v) is 11.5. The van der Waals surface area contributed by atoms with E-state index >= 15 is 0 Å². The van der Waals surface area contributed by atoms with Gasteiger partial charge in [0.15, 0.2) is 0 Å². The number of carbonyl (C=O) groups excluding carboxylic acids is 1. The molecule has 1 aliphatic rings. The molecule has 1 N–H and O–H groups in total. The number of likely N-dealkylation sites (N-methyl/N-ethyl adjacent to an activating group) is 1. The maximum Gasteiger partial charge on any atom is 0.254 e. The lowest BCUT2D eigenvalue weighted by Crippen LogP contribution is -2.38. The van der Waals surface area contributed by atoms with Crippen molar-refractivity contribution in [2.45, 2.75) is 25.4 Å². The number of nitrogens with zero attached hydrogens (tertiary/aromatic N) is 3. The summed E-state index contributed by atoms with van der Waals surface area (Å²) in [6.07, 6.45) is 5.38. The van der Waals surface area contributed by atoms with E-state index in [9.17, 15) is 4.79 Å². The summed E-state index contributed by atoms with van der Waals surface area (Å²) in [7, 11) is 2.14. The maximum atomic E-state index is 12.6. The molecule has 2 heterocycles. The topological polar surface area (TPSA) is 68.6 Å². The molecule has 3 aromatic rings. The van der Waals surface area contributed by atoms with E-state index < -0.39 is 0 Å². The third-order valence-electron chi connectivity index (χ3n) is 5.80. The number of ether oxygens (including phenoxy) is 2. The number of nitrogens with one attached hydrogen (secondary N) is 1. The van der Waals surface area contributed by atoms with Gasteiger partial charge in [0, 0.05) is 43.6 Å². The molecule has 2 aromatic carbocycles. The van der Waals surface area contributed by atoms with E-state index in [0.29, 0.717) is 29.8 Å². The van der Waals surface area contributed by atoms with Crippen LogP contribution in [-0.4, -0.2) is 60.0 Å². The van der Waals surface area contributed by atoms with Crippen molar-refractivity contribution in [3.63, 3.8) is 0 Å². The number of carbonyl (C=O) groups is 1. The lowest BCUT2D eigenvalue weighted by atomic mass is 10.1. The highest BCUT2D eigenvalue weighted by molar-refractivity contribution is 6.30. The molecule has 0 atom stereocenters. The quantitative estimate of drug-likeness (QED) is 0.515. The van der Waals surface area contributed by atoms with Gasteiger partial charge < -0.3 is 14.8 Å². The first kappa shape index (κ1) is 23.3. The van der Waals surface area contributed by atoms with E-state index in [4.69, 9.17) is 21.1 Å². The number of rotatable bonds is 9. The van der Waals surface area contributed by atoms with Crippen molar-refractivity contribution >= 4 is 17.5 Å². The Hall–Kier alpha value is -2.87. The molecule has 1 saturated heterocycles. The van der Waals surface area contributed by atoms with Gasteiger partial charge in [0.05, 0.1) is 17.4 Å². The van der Waals surface area contributed by atoms with E-state index in [1.807, 2.05) is 36.4 Å². The van der Waals surface area contributed by atoms with Gasteiger partial charge in [-0.25, -0.2) is 4.68 Å². The zero-order valence-corrected chi connectivity index (χ0v) is 19.5. The zero-order valence-electron chi connectivity index (χ0n) is 18.7. The van der Waals surface area contributed by atoms with Gasteiger partial charge >= 0.3 is 0 Å². The second-order valence-corrected chi connectivity index (χ2v) is 8.59. The molecule has 0 bridgehead atoms. The molecule has 4 rings (SSSR count). The van der Waals surface area contributed by atoms with Crippen LogP contribution >= 0.6 is 11.6 Å². The third-order valence-corrected chi connectivity index (χ3v) is 6.03. The SMILES string of the molecule is CN(CCOc1cccc(CNC(=O)c2cnn(-c3cccc(Cl)c3)c2)c1)C1CCOCC1. The lowest BCUT2D eigenvalue weighted by Gasteiger charge is -2.31. The van der Waals surface area contributed by atoms with Gasteiger partial charge in [-0.15, -0.1) is 0 Å². The lowest BCUT2D eigenvalue weighted by molar-refractivity contribution is 0.0392. The van der Waals surface area contributed by atoms with Gasteiger partial charge in [-0.1, -0.05) is 29.8 Å². The highest BCUT2D eigenvalue weighted by Crippen LogP contribution is 2.17. The molecular formula is C25H29ClN4O3. The summed E-state index contributed by atoms with van der Waals surface area (Å²) < 4.78 is 13.0. The molecule has 8 heteroatoms. The number of hydrogen-bond acceptors (Lipinski definition) is 5. The van der Waals surface area contributed by atoms with Crippen LogP contribution in [-0.2, 0) is 11.3 Å². The molecule has 1 fully saturated rings. The van der Waals surface area contributed by atoms with Crippen molar-refractivity contribution in [1.82, 2.24) is 20.0 Å². The Kier molecular flexibility index (Phi) is 7.99. The van der Waals surface area contributed by atoms with Crippen LogP contribution in [0.3, 0.4) is 0 Å².